The highest BCUT2D eigenvalue weighted by Gasteiger charge is 2.67. The topological polar surface area (TPSA) is 55.8 Å². The Morgan fingerprint density at radius 3 is 2.96 bits per heavy atom. The third-order valence-electron chi connectivity index (χ3n) is 5.51. The lowest BCUT2D eigenvalue weighted by atomic mass is 9.77. The molecule has 1 aromatic rings. The van der Waals surface area contributed by atoms with Crippen molar-refractivity contribution in [1.29, 1.82) is 0 Å². The number of hydrogen-bond acceptors (Lipinski definition) is 4. The molecule has 0 aliphatic carbocycles. The summed E-state index contributed by atoms with van der Waals surface area (Å²) < 4.78 is 12.4. The van der Waals surface area contributed by atoms with Gasteiger partial charge in [-0.2, -0.15) is 0 Å². The Hall–Kier alpha value is -1.66. The molecule has 0 aromatic heterocycles. The average molecular weight is 420 g/mol. The van der Waals surface area contributed by atoms with Crippen LogP contribution < -0.4 is 4.90 Å². The van der Waals surface area contributed by atoms with Crippen molar-refractivity contribution >= 4 is 33.5 Å². The largest absolute Gasteiger partial charge is 0.465 e. The third-order valence-corrected chi connectivity index (χ3v) is 6.18. The van der Waals surface area contributed by atoms with Crippen LogP contribution in [0.25, 0.3) is 0 Å². The molecule has 4 rings (SSSR count). The second-order valence-electron chi connectivity index (χ2n) is 7.15. The van der Waals surface area contributed by atoms with E-state index in [0.717, 1.165) is 29.4 Å². The van der Waals surface area contributed by atoms with Crippen LogP contribution in [0.15, 0.2) is 40.9 Å². The number of esters is 1. The highest BCUT2D eigenvalue weighted by atomic mass is 79.9. The van der Waals surface area contributed by atoms with Gasteiger partial charge in [-0.1, -0.05) is 44.1 Å². The molecule has 26 heavy (non-hydrogen) atoms. The zero-order chi connectivity index (χ0) is 18.3. The van der Waals surface area contributed by atoms with Crippen LogP contribution in [0.1, 0.15) is 26.2 Å². The molecule has 5 nitrogen and oxygen atoms in total. The molecule has 3 aliphatic rings. The number of halogens is 1. The van der Waals surface area contributed by atoms with E-state index in [0.29, 0.717) is 13.2 Å². The van der Waals surface area contributed by atoms with Gasteiger partial charge in [0.15, 0.2) is 0 Å². The molecule has 3 heterocycles. The van der Waals surface area contributed by atoms with E-state index in [1.54, 1.807) is 4.90 Å². The lowest BCUT2D eigenvalue weighted by molar-refractivity contribution is -0.152. The van der Waals surface area contributed by atoms with Crippen molar-refractivity contribution in [3.63, 3.8) is 0 Å². The van der Waals surface area contributed by atoms with Gasteiger partial charge in [0.25, 0.3) is 0 Å². The van der Waals surface area contributed by atoms with E-state index >= 15 is 0 Å². The van der Waals surface area contributed by atoms with Gasteiger partial charge in [-0.15, -0.1) is 0 Å². The Bertz CT molecular complexity index is 764. The number of amides is 1. The smallest absolute Gasteiger partial charge is 0.312 e. The first-order valence-corrected chi connectivity index (χ1v) is 9.96. The quantitative estimate of drug-likeness (QED) is 0.402. The predicted molar refractivity (Wildman–Crippen MR) is 101 cm³/mol. The van der Waals surface area contributed by atoms with Crippen LogP contribution in [0.3, 0.4) is 0 Å². The van der Waals surface area contributed by atoms with Gasteiger partial charge < -0.3 is 14.4 Å². The first kappa shape index (κ1) is 17.7. The molecular formula is C20H22BrNO4. The minimum atomic E-state index is -0.718. The van der Waals surface area contributed by atoms with Crippen molar-refractivity contribution in [1.82, 2.24) is 0 Å². The lowest BCUT2D eigenvalue weighted by Gasteiger charge is -2.22. The van der Waals surface area contributed by atoms with Crippen molar-refractivity contribution in [3.8, 4) is 0 Å². The van der Waals surface area contributed by atoms with E-state index in [4.69, 9.17) is 9.47 Å². The molecule has 3 aliphatic heterocycles. The molecular weight excluding hydrogens is 398 g/mol. The molecule has 0 unspecified atom stereocenters. The average Bonchev–Trinajstić information content (AvgIpc) is 3.27. The summed E-state index contributed by atoms with van der Waals surface area (Å²) in [4.78, 5) is 27.6. The highest BCUT2D eigenvalue weighted by molar-refractivity contribution is 9.10. The SMILES string of the molecule is CCCCCOC(=O)[C@@H]1[C@H]2C(=O)N(c3ccccc3Br)C[C@@]23C=C[C@H]1O3. The Kier molecular flexibility index (Phi) is 4.65. The number of para-hydroxylation sites is 1. The summed E-state index contributed by atoms with van der Waals surface area (Å²) >= 11 is 3.51. The molecule has 4 atom stereocenters. The van der Waals surface area contributed by atoms with Crippen LogP contribution >= 0.6 is 15.9 Å². The fraction of sp³-hybridized carbons (Fsp3) is 0.500. The molecule has 1 spiro atoms. The van der Waals surface area contributed by atoms with Crippen molar-refractivity contribution in [3.05, 3.63) is 40.9 Å². The second kappa shape index (κ2) is 6.82. The second-order valence-corrected chi connectivity index (χ2v) is 8.00. The van der Waals surface area contributed by atoms with Crippen LogP contribution in [0.2, 0.25) is 0 Å². The van der Waals surface area contributed by atoms with Crippen molar-refractivity contribution in [2.24, 2.45) is 11.8 Å². The predicted octanol–water partition coefficient (Wildman–Crippen LogP) is 3.47. The molecule has 2 bridgehead atoms. The van der Waals surface area contributed by atoms with Crippen LogP contribution in [0.4, 0.5) is 5.69 Å². The maximum Gasteiger partial charge on any atom is 0.312 e. The first-order chi connectivity index (χ1) is 12.6. The normalized spacial score (nSPS) is 31.5. The third kappa shape index (κ3) is 2.70. The minimum absolute atomic E-state index is 0.0701. The number of ether oxygens (including phenoxy) is 2. The number of carbonyl (C=O) groups is 2. The highest BCUT2D eigenvalue weighted by Crippen LogP contribution is 2.53. The summed E-state index contributed by atoms with van der Waals surface area (Å²) in [6, 6.07) is 7.61. The van der Waals surface area contributed by atoms with E-state index in [1.165, 1.54) is 0 Å². The van der Waals surface area contributed by atoms with Gasteiger partial charge in [0.1, 0.15) is 11.5 Å². The van der Waals surface area contributed by atoms with Crippen molar-refractivity contribution < 1.29 is 19.1 Å². The molecule has 1 amide bonds. The summed E-state index contributed by atoms with van der Waals surface area (Å²) in [6.45, 7) is 2.93. The Labute approximate surface area is 161 Å². The molecule has 2 saturated heterocycles. The van der Waals surface area contributed by atoms with Gasteiger partial charge in [-0.25, -0.2) is 0 Å². The summed E-state index contributed by atoms with van der Waals surface area (Å²) in [5.41, 5.74) is 0.0845. The van der Waals surface area contributed by atoms with Gasteiger partial charge in [-0.05, 0) is 34.5 Å². The van der Waals surface area contributed by atoms with Gasteiger partial charge in [-0.3, -0.25) is 9.59 Å². The van der Waals surface area contributed by atoms with E-state index in [1.807, 2.05) is 36.4 Å². The molecule has 1 aromatic carbocycles. The number of benzene rings is 1. The van der Waals surface area contributed by atoms with E-state index < -0.39 is 17.4 Å². The molecule has 6 heteroatoms. The number of fused-ring (bicyclic) bond motifs is 1. The van der Waals surface area contributed by atoms with E-state index in [9.17, 15) is 9.59 Å². The Morgan fingerprint density at radius 1 is 1.38 bits per heavy atom. The van der Waals surface area contributed by atoms with Gasteiger partial charge in [0.05, 0.1) is 30.9 Å². The number of rotatable bonds is 6. The van der Waals surface area contributed by atoms with Gasteiger partial charge >= 0.3 is 5.97 Å². The molecule has 2 fully saturated rings. The van der Waals surface area contributed by atoms with Gasteiger partial charge in [0.2, 0.25) is 5.91 Å². The number of unbranched alkanes of at least 4 members (excludes halogenated alkanes) is 2. The molecule has 0 radical (unpaired) electrons. The standard InChI is InChI=1S/C20H22BrNO4/c1-2-3-6-11-25-19(24)16-15-9-10-20(26-15)12-22(18(23)17(16)20)14-8-5-4-7-13(14)21/h4-5,7-10,15-17H,2-3,6,11-12H2,1H3/t15-,16+,17+,20+/m1/s1. The van der Waals surface area contributed by atoms with Crippen molar-refractivity contribution in [2.45, 2.75) is 37.9 Å². The monoisotopic (exact) mass is 419 g/mol. The summed E-state index contributed by atoms with van der Waals surface area (Å²) in [7, 11) is 0. The summed E-state index contributed by atoms with van der Waals surface area (Å²) in [5, 5.41) is 0. The molecule has 138 valence electrons. The van der Waals surface area contributed by atoms with Crippen LogP contribution in [-0.2, 0) is 19.1 Å². The molecule has 0 N–H and O–H groups in total. The zero-order valence-corrected chi connectivity index (χ0v) is 16.3. The Morgan fingerprint density at radius 2 is 2.19 bits per heavy atom. The number of carbonyl (C=O) groups excluding carboxylic acids is 2. The molecule has 0 saturated carbocycles. The fourth-order valence-electron chi connectivity index (χ4n) is 4.26. The first-order valence-electron chi connectivity index (χ1n) is 9.17. The Balaban J connectivity index is 1.56. The number of anilines is 1. The fourth-order valence-corrected chi connectivity index (χ4v) is 4.76. The van der Waals surface area contributed by atoms with Crippen LogP contribution in [0.5, 0.6) is 0 Å². The summed E-state index contributed by atoms with van der Waals surface area (Å²) in [5.74, 6) is -1.45. The van der Waals surface area contributed by atoms with E-state index in [-0.39, 0.29) is 18.0 Å². The van der Waals surface area contributed by atoms with Crippen LogP contribution in [0, 0.1) is 11.8 Å². The maximum atomic E-state index is 13.2. The summed E-state index contributed by atoms with van der Waals surface area (Å²) in [6.07, 6.45) is 6.45. The lowest BCUT2D eigenvalue weighted by Crippen LogP contribution is -2.40. The maximum absolute atomic E-state index is 13.2. The zero-order valence-electron chi connectivity index (χ0n) is 14.7. The number of nitrogens with zero attached hydrogens (tertiary/aromatic N) is 1. The minimum Gasteiger partial charge on any atom is -0.465 e. The van der Waals surface area contributed by atoms with Gasteiger partial charge in [0, 0.05) is 4.47 Å². The van der Waals surface area contributed by atoms with Crippen molar-refractivity contribution in [2.75, 3.05) is 18.1 Å². The van der Waals surface area contributed by atoms with Crippen LogP contribution in [-0.4, -0.2) is 36.7 Å². The number of hydrogen-bond donors (Lipinski definition) is 0. The van der Waals surface area contributed by atoms with E-state index in [2.05, 4.69) is 22.9 Å².